The van der Waals surface area contributed by atoms with Gasteiger partial charge in [0.2, 0.25) is 0 Å². The van der Waals surface area contributed by atoms with E-state index < -0.39 is 0 Å². The van der Waals surface area contributed by atoms with Crippen LogP contribution in [-0.4, -0.2) is 24.8 Å². The van der Waals surface area contributed by atoms with Gasteiger partial charge in [-0.05, 0) is 56.7 Å². The molecule has 3 rings (SSSR count). The van der Waals surface area contributed by atoms with Crippen LogP contribution in [0.2, 0.25) is 0 Å². The van der Waals surface area contributed by atoms with Crippen LogP contribution >= 0.6 is 0 Å². The van der Waals surface area contributed by atoms with Crippen molar-refractivity contribution in [3.8, 4) is 17.6 Å². The Labute approximate surface area is 164 Å². The molecular formula is C22H21N3O3. The van der Waals surface area contributed by atoms with Gasteiger partial charge in [0, 0.05) is 0 Å². The lowest BCUT2D eigenvalue weighted by molar-refractivity contribution is -0.114. The van der Waals surface area contributed by atoms with Crippen molar-refractivity contribution >= 4 is 23.4 Å². The van der Waals surface area contributed by atoms with E-state index in [1.54, 1.807) is 18.2 Å². The summed E-state index contributed by atoms with van der Waals surface area (Å²) in [5, 5.41) is 14.5. The van der Waals surface area contributed by atoms with Gasteiger partial charge >= 0.3 is 0 Å². The van der Waals surface area contributed by atoms with Gasteiger partial charge in [0.25, 0.3) is 5.91 Å². The van der Waals surface area contributed by atoms with E-state index in [4.69, 9.17) is 14.7 Å². The summed E-state index contributed by atoms with van der Waals surface area (Å²) < 4.78 is 11.0. The van der Waals surface area contributed by atoms with Crippen LogP contribution in [0.4, 0.5) is 5.69 Å². The normalized spacial score (nSPS) is 14.8. The minimum absolute atomic E-state index is 0.0593. The molecule has 2 aromatic carbocycles. The fourth-order valence-electron chi connectivity index (χ4n) is 2.82. The van der Waals surface area contributed by atoms with Crippen LogP contribution in [0.1, 0.15) is 25.0 Å². The SMILES string of the molecule is CCOc1cc(/C=C2\C(=O)N(c3ccc(C)cc3)N=C2C)ccc1OCC#N. The summed E-state index contributed by atoms with van der Waals surface area (Å²) in [4.78, 5) is 12.9. The molecule has 28 heavy (non-hydrogen) atoms. The molecule has 6 heteroatoms. The van der Waals surface area contributed by atoms with E-state index in [9.17, 15) is 4.79 Å². The fraction of sp³-hybridized carbons (Fsp3) is 0.227. The first-order valence-electron chi connectivity index (χ1n) is 8.98. The maximum Gasteiger partial charge on any atom is 0.280 e. The maximum atomic E-state index is 12.9. The molecule has 0 atom stereocenters. The largest absolute Gasteiger partial charge is 0.490 e. The zero-order valence-corrected chi connectivity index (χ0v) is 16.1. The molecule has 0 unspecified atom stereocenters. The van der Waals surface area contributed by atoms with E-state index in [0.717, 1.165) is 16.8 Å². The second kappa shape index (κ2) is 8.40. The number of hydrazone groups is 1. The van der Waals surface area contributed by atoms with E-state index in [1.807, 2.05) is 57.2 Å². The van der Waals surface area contributed by atoms with E-state index in [-0.39, 0.29) is 12.5 Å². The van der Waals surface area contributed by atoms with E-state index >= 15 is 0 Å². The maximum absolute atomic E-state index is 12.9. The van der Waals surface area contributed by atoms with Crippen molar-refractivity contribution < 1.29 is 14.3 Å². The Balaban J connectivity index is 1.89. The molecule has 6 nitrogen and oxygen atoms in total. The number of nitriles is 1. The molecule has 2 aromatic rings. The third-order valence-electron chi connectivity index (χ3n) is 4.21. The van der Waals surface area contributed by atoms with Crippen LogP contribution in [0.3, 0.4) is 0 Å². The Morgan fingerprint density at radius 3 is 2.54 bits per heavy atom. The average Bonchev–Trinajstić information content (AvgIpc) is 2.96. The molecule has 142 valence electrons. The summed E-state index contributed by atoms with van der Waals surface area (Å²) in [6, 6.07) is 14.9. The number of nitrogens with zero attached hydrogens (tertiary/aromatic N) is 3. The predicted molar refractivity (Wildman–Crippen MR) is 108 cm³/mol. The Bertz CT molecular complexity index is 985. The molecule has 0 aromatic heterocycles. The number of hydrogen-bond donors (Lipinski definition) is 0. The summed E-state index contributed by atoms with van der Waals surface area (Å²) >= 11 is 0. The second-order valence-corrected chi connectivity index (χ2v) is 6.28. The Morgan fingerprint density at radius 2 is 1.86 bits per heavy atom. The molecule has 0 N–H and O–H groups in total. The van der Waals surface area contributed by atoms with Crippen molar-refractivity contribution in [2.75, 3.05) is 18.2 Å². The lowest BCUT2D eigenvalue weighted by Crippen LogP contribution is -2.21. The predicted octanol–water partition coefficient (Wildman–Crippen LogP) is 4.10. The van der Waals surface area contributed by atoms with Gasteiger partial charge in [-0.25, -0.2) is 0 Å². The molecule has 0 spiro atoms. The van der Waals surface area contributed by atoms with Crippen LogP contribution in [0.25, 0.3) is 6.08 Å². The number of amides is 1. The molecule has 0 bridgehead atoms. The average molecular weight is 375 g/mol. The van der Waals surface area contributed by atoms with E-state index in [2.05, 4.69) is 5.10 Å². The lowest BCUT2D eigenvalue weighted by atomic mass is 10.1. The highest BCUT2D eigenvalue weighted by Gasteiger charge is 2.28. The van der Waals surface area contributed by atoms with Crippen molar-refractivity contribution in [2.24, 2.45) is 5.10 Å². The van der Waals surface area contributed by atoms with Crippen molar-refractivity contribution in [3.05, 3.63) is 59.2 Å². The number of carbonyl (C=O) groups excluding carboxylic acids is 1. The van der Waals surface area contributed by atoms with Crippen molar-refractivity contribution in [2.45, 2.75) is 20.8 Å². The van der Waals surface area contributed by atoms with Gasteiger partial charge in [-0.15, -0.1) is 0 Å². The standard InChI is InChI=1S/C22H21N3O3/c1-4-27-21-14-17(7-10-20(21)28-12-11-23)13-19-16(3)24-25(22(19)26)18-8-5-15(2)6-9-18/h5-10,13-14H,4,12H2,1-3H3/b19-13-. The minimum atomic E-state index is -0.177. The molecule has 0 aliphatic carbocycles. The van der Waals surface area contributed by atoms with Crippen LogP contribution in [0.15, 0.2) is 53.1 Å². The molecule has 1 aliphatic rings. The van der Waals surface area contributed by atoms with Crippen molar-refractivity contribution in [3.63, 3.8) is 0 Å². The summed E-state index contributed by atoms with van der Waals surface area (Å²) in [5.41, 5.74) is 3.81. The van der Waals surface area contributed by atoms with Crippen LogP contribution in [-0.2, 0) is 4.79 Å². The Hall–Kier alpha value is -3.59. The summed E-state index contributed by atoms with van der Waals surface area (Å²) in [6.07, 6.45) is 1.78. The zero-order chi connectivity index (χ0) is 20.1. The minimum Gasteiger partial charge on any atom is -0.490 e. The van der Waals surface area contributed by atoms with Crippen LogP contribution < -0.4 is 14.5 Å². The third kappa shape index (κ3) is 4.04. The fourth-order valence-corrected chi connectivity index (χ4v) is 2.82. The van der Waals surface area contributed by atoms with E-state index in [0.29, 0.717) is 29.4 Å². The first kappa shape index (κ1) is 19.2. The highest BCUT2D eigenvalue weighted by Crippen LogP contribution is 2.31. The van der Waals surface area contributed by atoms with Gasteiger partial charge in [0.1, 0.15) is 6.07 Å². The van der Waals surface area contributed by atoms with E-state index in [1.165, 1.54) is 5.01 Å². The smallest absolute Gasteiger partial charge is 0.280 e. The highest BCUT2D eigenvalue weighted by atomic mass is 16.5. The molecule has 1 amide bonds. The Morgan fingerprint density at radius 1 is 1.11 bits per heavy atom. The molecule has 1 aliphatic heterocycles. The monoisotopic (exact) mass is 375 g/mol. The number of benzene rings is 2. The molecule has 0 saturated heterocycles. The number of carbonyl (C=O) groups is 1. The van der Waals surface area contributed by atoms with Gasteiger partial charge < -0.3 is 9.47 Å². The first-order valence-corrected chi connectivity index (χ1v) is 8.98. The molecule has 1 heterocycles. The summed E-state index contributed by atoms with van der Waals surface area (Å²) in [6.45, 7) is 6.08. The number of anilines is 1. The second-order valence-electron chi connectivity index (χ2n) is 6.28. The topological polar surface area (TPSA) is 74.9 Å². The van der Waals surface area contributed by atoms with Crippen LogP contribution in [0.5, 0.6) is 11.5 Å². The third-order valence-corrected chi connectivity index (χ3v) is 4.21. The van der Waals surface area contributed by atoms with Gasteiger partial charge in [-0.1, -0.05) is 23.8 Å². The molecule has 0 radical (unpaired) electrons. The molecular weight excluding hydrogens is 354 g/mol. The number of hydrogen-bond acceptors (Lipinski definition) is 5. The number of rotatable bonds is 6. The van der Waals surface area contributed by atoms with Crippen molar-refractivity contribution in [1.29, 1.82) is 5.26 Å². The number of aryl methyl sites for hydroxylation is 1. The quantitative estimate of drug-likeness (QED) is 0.712. The van der Waals surface area contributed by atoms with Crippen molar-refractivity contribution in [1.82, 2.24) is 0 Å². The lowest BCUT2D eigenvalue weighted by Gasteiger charge is -2.12. The van der Waals surface area contributed by atoms with Crippen LogP contribution in [0, 0.1) is 18.3 Å². The first-order chi connectivity index (χ1) is 13.5. The van der Waals surface area contributed by atoms with Gasteiger partial charge in [0.15, 0.2) is 18.1 Å². The highest BCUT2D eigenvalue weighted by molar-refractivity contribution is 6.32. The zero-order valence-electron chi connectivity index (χ0n) is 16.1. The van der Waals surface area contributed by atoms with Gasteiger partial charge in [0.05, 0.1) is 23.6 Å². The number of ether oxygens (including phenoxy) is 2. The van der Waals surface area contributed by atoms with Gasteiger partial charge in [-0.3, -0.25) is 4.79 Å². The summed E-state index contributed by atoms with van der Waals surface area (Å²) in [5.74, 6) is 0.849. The molecule has 0 saturated carbocycles. The van der Waals surface area contributed by atoms with Gasteiger partial charge in [-0.2, -0.15) is 15.4 Å². The summed E-state index contributed by atoms with van der Waals surface area (Å²) in [7, 11) is 0. The Kier molecular flexibility index (Phi) is 5.75. The molecule has 0 fully saturated rings.